The first kappa shape index (κ1) is 13.4. The molecule has 1 aromatic carbocycles. The van der Waals surface area contributed by atoms with Crippen molar-refractivity contribution in [2.75, 3.05) is 13.2 Å². The Morgan fingerprint density at radius 3 is 2.62 bits per heavy atom. The quantitative estimate of drug-likeness (QED) is 0.493. The van der Waals surface area contributed by atoms with E-state index < -0.39 is 6.09 Å². The molecule has 7 nitrogen and oxygen atoms in total. The molecule has 2 aliphatic rings. The standard InChI is InChI=1S/C14H14N2O5/c15-13(16-14(18)19)9-6-8(9)12(17)7-1-2-10-11(5-7)21-4-3-20-10/h1-2,5,8-9H,3-4,6H2,(H2,15,16)(H,18,19)/t8-,9-/m0/s1. The first-order valence-corrected chi connectivity index (χ1v) is 6.57. The van der Waals surface area contributed by atoms with E-state index in [1.807, 2.05) is 0 Å². The maximum absolute atomic E-state index is 12.3. The minimum atomic E-state index is -1.34. The molecule has 0 bridgehead atoms. The Hall–Kier alpha value is -2.57. The minimum Gasteiger partial charge on any atom is -0.486 e. The van der Waals surface area contributed by atoms with Crippen molar-refractivity contribution in [3.8, 4) is 11.5 Å². The zero-order valence-electron chi connectivity index (χ0n) is 11.1. The fourth-order valence-electron chi connectivity index (χ4n) is 2.42. The Labute approximate surface area is 120 Å². The van der Waals surface area contributed by atoms with Gasteiger partial charge >= 0.3 is 6.09 Å². The predicted octanol–water partition coefficient (Wildman–Crippen LogP) is 1.31. The van der Waals surface area contributed by atoms with Crippen LogP contribution in [0.3, 0.4) is 0 Å². The van der Waals surface area contributed by atoms with Crippen LogP contribution < -0.4 is 15.2 Å². The number of amides is 1. The molecule has 1 aliphatic heterocycles. The summed E-state index contributed by atoms with van der Waals surface area (Å²) in [5.74, 6) is 0.491. The van der Waals surface area contributed by atoms with Crippen LogP contribution in [0.15, 0.2) is 23.2 Å². The van der Waals surface area contributed by atoms with Gasteiger partial charge in [-0.25, -0.2) is 4.79 Å². The summed E-state index contributed by atoms with van der Waals surface area (Å²) in [6.07, 6.45) is -0.819. The number of Topliss-reactive ketones (excluding diaryl/α,β-unsaturated/α-hetero) is 1. The van der Waals surface area contributed by atoms with Crippen LogP contribution >= 0.6 is 0 Å². The molecule has 1 saturated carbocycles. The largest absolute Gasteiger partial charge is 0.486 e. The molecule has 2 atom stereocenters. The van der Waals surface area contributed by atoms with Crippen LogP contribution in [-0.2, 0) is 0 Å². The van der Waals surface area contributed by atoms with Crippen molar-refractivity contribution in [3.63, 3.8) is 0 Å². The third kappa shape index (κ3) is 2.67. The first-order valence-electron chi connectivity index (χ1n) is 6.57. The lowest BCUT2D eigenvalue weighted by Crippen LogP contribution is -2.19. The lowest BCUT2D eigenvalue weighted by Gasteiger charge is -2.18. The van der Waals surface area contributed by atoms with Gasteiger partial charge in [-0.05, 0) is 24.6 Å². The Morgan fingerprint density at radius 1 is 1.19 bits per heavy atom. The molecule has 110 valence electrons. The summed E-state index contributed by atoms with van der Waals surface area (Å²) in [5, 5.41) is 8.55. The number of hydrogen-bond donors (Lipinski definition) is 2. The predicted molar refractivity (Wildman–Crippen MR) is 73.0 cm³/mol. The van der Waals surface area contributed by atoms with Gasteiger partial charge in [0.25, 0.3) is 0 Å². The number of amidine groups is 1. The highest BCUT2D eigenvalue weighted by molar-refractivity contribution is 6.05. The second-order valence-electron chi connectivity index (χ2n) is 4.99. The molecule has 3 rings (SSSR count). The van der Waals surface area contributed by atoms with E-state index in [9.17, 15) is 9.59 Å². The van der Waals surface area contributed by atoms with Gasteiger partial charge in [0.1, 0.15) is 19.0 Å². The smallest absolute Gasteiger partial charge is 0.432 e. The fourth-order valence-corrected chi connectivity index (χ4v) is 2.42. The number of ether oxygens (including phenoxy) is 2. The monoisotopic (exact) mass is 290 g/mol. The van der Waals surface area contributed by atoms with Crippen molar-refractivity contribution in [1.29, 1.82) is 0 Å². The lowest BCUT2D eigenvalue weighted by molar-refractivity contribution is 0.0963. The summed E-state index contributed by atoms with van der Waals surface area (Å²) in [7, 11) is 0. The molecule has 1 heterocycles. The van der Waals surface area contributed by atoms with Crippen LogP contribution in [0.5, 0.6) is 11.5 Å². The van der Waals surface area contributed by atoms with Gasteiger partial charge in [0.2, 0.25) is 0 Å². The highest BCUT2D eigenvalue weighted by Crippen LogP contribution is 2.42. The van der Waals surface area contributed by atoms with Crippen molar-refractivity contribution in [2.45, 2.75) is 6.42 Å². The number of ketones is 1. The molecule has 1 fully saturated rings. The number of carbonyl (C=O) groups is 2. The third-order valence-electron chi connectivity index (χ3n) is 3.56. The molecule has 3 N–H and O–H groups in total. The van der Waals surface area contributed by atoms with Gasteiger partial charge in [0, 0.05) is 17.4 Å². The topological polar surface area (TPSA) is 111 Å². The normalized spacial score (nSPS) is 23.5. The fraction of sp³-hybridized carbons (Fsp3) is 0.357. The van der Waals surface area contributed by atoms with Gasteiger partial charge in [-0.1, -0.05) is 0 Å². The lowest BCUT2D eigenvalue weighted by atomic mass is 10.0. The van der Waals surface area contributed by atoms with E-state index in [0.29, 0.717) is 36.7 Å². The van der Waals surface area contributed by atoms with Crippen molar-refractivity contribution in [3.05, 3.63) is 23.8 Å². The van der Waals surface area contributed by atoms with E-state index in [1.54, 1.807) is 18.2 Å². The Balaban J connectivity index is 1.74. The average Bonchev–Trinajstić information content (AvgIpc) is 3.26. The molecular weight excluding hydrogens is 276 g/mol. The zero-order valence-corrected chi connectivity index (χ0v) is 11.1. The molecule has 1 amide bonds. The highest BCUT2D eigenvalue weighted by Gasteiger charge is 2.46. The van der Waals surface area contributed by atoms with Crippen molar-refractivity contribution in [1.82, 2.24) is 0 Å². The number of nitrogens with two attached hydrogens (primary N) is 1. The van der Waals surface area contributed by atoms with E-state index in [-0.39, 0.29) is 23.5 Å². The molecule has 0 spiro atoms. The summed E-state index contributed by atoms with van der Waals surface area (Å²) in [6, 6.07) is 5.03. The van der Waals surface area contributed by atoms with Crippen LogP contribution in [0.25, 0.3) is 0 Å². The van der Waals surface area contributed by atoms with Crippen LogP contribution in [0.4, 0.5) is 4.79 Å². The number of rotatable bonds is 3. The Morgan fingerprint density at radius 2 is 1.90 bits per heavy atom. The number of carbonyl (C=O) groups excluding carboxylic acids is 1. The first-order chi connectivity index (χ1) is 10.1. The summed E-state index contributed by atoms with van der Waals surface area (Å²) >= 11 is 0. The van der Waals surface area contributed by atoms with Crippen LogP contribution in [0.1, 0.15) is 16.8 Å². The Bertz CT molecular complexity index is 640. The summed E-state index contributed by atoms with van der Waals surface area (Å²) in [4.78, 5) is 26.1. The van der Waals surface area contributed by atoms with E-state index in [1.165, 1.54) is 0 Å². The molecule has 1 aromatic rings. The number of benzene rings is 1. The van der Waals surface area contributed by atoms with E-state index in [0.717, 1.165) is 0 Å². The average molecular weight is 290 g/mol. The van der Waals surface area contributed by atoms with Gasteiger partial charge in [0.15, 0.2) is 17.3 Å². The summed E-state index contributed by atoms with van der Waals surface area (Å²) in [6.45, 7) is 0.947. The number of aliphatic imine (C=N–C) groups is 1. The molecule has 7 heteroatoms. The van der Waals surface area contributed by atoms with Crippen molar-refractivity contribution >= 4 is 17.7 Å². The second-order valence-corrected chi connectivity index (χ2v) is 4.99. The van der Waals surface area contributed by atoms with Gasteiger partial charge in [-0.2, -0.15) is 4.99 Å². The number of hydrogen-bond acceptors (Lipinski definition) is 4. The van der Waals surface area contributed by atoms with Crippen LogP contribution in [0, 0.1) is 11.8 Å². The Kier molecular flexibility index (Phi) is 3.25. The summed E-state index contributed by atoms with van der Waals surface area (Å²) in [5.41, 5.74) is 6.08. The van der Waals surface area contributed by atoms with E-state index >= 15 is 0 Å². The maximum Gasteiger partial charge on any atom is 0.432 e. The minimum absolute atomic E-state index is 0.00149. The second kappa shape index (κ2) is 5.08. The molecule has 0 radical (unpaired) electrons. The van der Waals surface area contributed by atoms with Gasteiger partial charge < -0.3 is 20.3 Å². The number of fused-ring (bicyclic) bond motifs is 1. The maximum atomic E-state index is 12.3. The zero-order chi connectivity index (χ0) is 15.0. The molecule has 21 heavy (non-hydrogen) atoms. The van der Waals surface area contributed by atoms with Gasteiger partial charge in [0.05, 0.1) is 0 Å². The molecular formula is C14H14N2O5. The SMILES string of the molecule is N/C(=N\C(=O)O)[C@H]1C[C@@H]1C(=O)c1ccc2c(c1)OCCO2. The number of nitrogens with zero attached hydrogens (tertiary/aromatic N) is 1. The molecule has 0 saturated heterocycles. The number of carboxylic acid groups (broad SMARTS) is 1. The third-order valence-corrected chi connectivity index (χ3v) is 3.56. The van der Waals surface area contributed by atoms with Crippen LogP contribution in [-0.4, -0.2) is 36.0 Å². The van der Waals surface area contributed by atoms with Gasteiger partial charge in [-0.15, -0.1) is 0 Å². The van der Waals surface area contributed by atoms with Crippen LogP contribution in [0.2, 0.25) is 0 Å². The molecule has 0 aromatic heterocycles. The van der Waals surface area contributed by atoms with E-state index in [4.69, 9.17) is 20.3 Å². The molecule has 1 aliphatic carbocycles. The van der Waals surface area contributed by atoms with Crippen molar-refractivity contribution in [2.24, 2.45) is 22.6 Å². The highest BCUT2D eigenvalue weighted by atomic mass is 16.6. The van der Waals surface area contributed by atoms with E-state index in [2.05, 4.69) is 4.99 Å². The van der Waals surface area contributed by atoms with Crippen molar-refractivity contribution < 1.29 is 24.2 Å². The van der Waals surface area contributed by atoms with Gasteiger partial charge in [-0.3, -0.25) is 4.79 Å². The summed E-state index contributed by atoms with van der Waals surface area (Å²) < 4.78 is 10.8. The molecule has 0 unspecified atom stereocenters.